The molecule has 0 saturated carbocycles. The van der Waals surface area contributed by atoms with Gasteiger partial charge >= 0.3 is 6.03 Å². The van der Waals surface area contributed by atoms with Gasteiger partial charge in [-0.15, -0.1) is 0 Å². The van der Waals surface area contributed by atoms with E-state index in [1.807, 2.05) is 87.3 Å². The van der Waals surface area contributed by atoms with Gasteiger partial charge in [-0.3, -0.25) is 19.6 Å². The molecular weight excluding hydrogens is 554 g/mol. The van der Waals surface area contributed by atoms with Crippen molar-refractivity contribution in [2.24, 2.45) is 13.0 Å². The maximum absolute atomic E-state index is 13.1. The number of hydrogen-bond donors (Lipinski definition) is 3. The van der Waals surface area contributed by atoms with Crippen molar-refractivity contribution in [3.63, 3.8) is 0 Å². The lowest BCUT2D eigenvalue weighted by Crippen LogP contribution is -2.41. The minimum absolute atomic E-state index is 0.102. The number of carbonyl (C=O) groups excluding carboxylic acids is 3. The molecule has 4 rings (SSSR count). The Morgan fingerprint density at radius 1 is 1.02 bits per heavy atom. The van der Waals surface area contributed by atoms with Crippen molar-refractivity contribution in [3.8, 4) is 0 Å². The number of urea groups is 1. The summed E-state index contributed by atoms with van der Waals surface area (Å²) in [5, 5.41) is 13.2. The van der Waals surface area contributed by atoms with Crippen molar-refractivity contribution in [2.75, 3.05) is 49.3 Å². The monoisotopic (exact) mass is 601 g/mol. The van der Waals surface area contributed by atoms with Gasteiger partial charge in [0.25, 0.3) is 5.91 Å². The van der Waals surface area contributed by atoms with Crippen molar-refractivity contribution < 1.29 is 14.4 Å². The molecule has 236 valence electrons. The number of hydrogen-bond acceptors (Lipinski definition) is 5. The summed E-state index contributed by atoms with van der Waals surface area (Å²) in [7, 11) is 5.75. The van der Waals surface area contributed by atoms with Gasteiger partial charge in [-0.1, -0.05) is 32.9 Å². The van der Waals surface area contributed by atoms with Crippen LogP contribution in [-0.2, 0) is 23.7 Å². The molecule has 2 heterocycles. The van der Waals surface area contributed by atoms with E-state index in [9.17, 15) is 14.4 Å². The van der Waals surface area contributed by atoms with Crippen LogP contribution in [0.5, 0.6) is 0 Å². The first-order chi connectivity index (χ1) is 20.7. The summed E-state index contributed by atoms with van der Waals surface area (Å²) in [5.74, 6) is 0.937. The Labute approximate surface area is 261 Å². The van der Waals surface area contributed by atoms with E-state index in [4.69, 9.17) is 0 Å². The van der Waals surface area contributed by atoms with Crippen LogP contribution in [0, 0.1) is 19.8 Å². The zero-order valence-electron chi connectivity index (χ0n) is 27.4. The average Bonchev–Trinajstić information content (AvgIpc) is 3.31. The molecule has 1 atom stereocenters. The van der Waals surface area contributed by atoms with Crippen molar-refractivity contribution in [2.45, 2.75) is 59.3 Å². The third-order valence-electron chi connectivity index (χ3n) is 8.00. The molecule has 1 saturated heterocycles. The van der Waals surface area contributed by atoms with E-state index in [0.29, 0.717) is 42.5 Å². The topological polar surface area (TPSA) is 112 Å². The molecule has 0 spiro atoms. The van der Waals surface area contributed by atoms with Gasteiger partial charge in [-0.25, -0.2) is 4.79 Å². The normalized spacial score (nSPS) is 15.4. The van der Waals surface area contributed by atoms with E-state index in [1.54, 1.807) is 4.68 Å². The highest BCUT2D eigenvalue weighted by Crippen LogP contribution is 2.32. The third-order valence-corrected chi connectivity index (χ3v) is 8.00. The summed E-state index contributed by atoms with van der Waals surface area (Å²) < 4.78 is 1.67. The van der Waals surface area contributed by atoms with Crippen LogP contribution in [0.1, 0.15) is 66.4 Å². The molecule has 0 aliphatic carbocycles. The van der Waals surface area contributed by atoms with Gasteiger partial charge < -0.3 is 20.4 Å². The minimum atomic E-state index is -0.328. The minimum Gasteiger partial charge on any atom is -0.351 e. The second kappa shape index (κ2) is 13.6. The van der Waals surface area contributed by atoms with Crippen molar-refractivity contribution in [1.29, 1.82) is 0 Å². The number of likely N-dealkylation sites (N-methyl/N-ethyl adjacent to an activating group) is 1. The van der Waals surface area contributed by atoms with Crippen LogP contribution in [0.4, 0.5) is 22.0 Å². The Kier molecular flexibility index (Phi) is 10.1. The number of aromatic nitrogens is 2. The lowest BCUT2D eigenvalue weighted by Gasteiger charge is -2.35. The van der Waals surface area contributed by atoms with Gasteiger partial charge in [0, 0.05) is 61.5 Å². The average molecular weight is 602 g/mol. The smallest absolute Gasteiger partial charge is 0.324 e. The van der Waals surface area contributed by atoms with Crippen LogP contribution >= 0.6 is 0 Å². The molecule has 1 aliphatic heterocycles. The summed E-state index contributed by atoms with van der Waals surface area (Å²) in [5.41, 5.74) is 6.00. The second-order valence-corrected chi connectivity index (χ2v) is 13.2. The number of nitrogens with zero attached hydrogens (tertiary/aromatic N) is 4. The predicted molar refractivity (Wildman–Crippen MR) is 177 cm³/mol. The van der Waals surface area contributed by atoms with E-state index in [-0.39, 0.29) is 23.3 Å². The number of rotatable bonds is 9. The van der Waals surface area contributed by atoms with Gasteiger partial charge in [0.15, 0.2) is 0 Å². The first kappa shape index (κ1) is 32.7. The van der Waals surface area contributed by atoms with E-state index >= 15 is 0 Å². The van der Waals surface area contributed by atoms with Crippen LogP contribution in [0.25, 0.3) is 0 Å². The third kappa shape index (κ3) is 8.25. The molecular formula is C34H47N7O3. The number of amides is 4. The summed E-state index contributed by atoms with van der Waals surface area (Å²) in [6.45, 7) is 12.2. The van der Waals surface area contributed by atoms with Crippen molar-refractivity contribution >= 4 is 35.0 Å². The SMILES string of the molecule is Cc1cc(C(=O)NCCN(C)C)cc(C)c1N1CC(Cc2ccc(NC(=O)Nc3cc(C(C)(C)C)nn3C)cc2)CCC1=O. The molecule has 10 heteroatoms. The Bertz CT molecular complexity index is 1480. The van der Waals surface area contributed by atoms with Gasteiger partial charge in [0.2, 0.25) is 5.91 Å². The summed E-state index contributed by atoms with van der Waals surface area (Å²) in [6.07, 6.45) is 2.13. The fourth-order valence-corrected chi connectivity index (χ4v) is 5.59. The molecule has 0 radical (unpaired) electrons. The summed E-state index contributed by atoms with van der Waals surface area (Å²) in [4.78, 5) is 42.3. The Morgan fingerprint density at radius 2 is 1.68 bits per heavy atom. The molecule has 3 aromatic rings. The second-order valence-electron chi connectivity index (χ2n) is 13.2. The highest BCUT2D eigenvalue weighted by atomic mass is 16.2. The highest BCUT2D eigenvalue weighted by molar-refractivity contribution is 6.00. The van der Waals surface area contributed by atoms with Gasteiger partial charge in [-0.05, 0) is 87.7 Å². The quantitative estimate of drug-likeness (QED) is 0.310. The standard InChI is InChI=1S/C34H47N7O3/c1-22-17-26(32(43)35-15-16-39(6)7)18-23(2)31(22)41-21-25(11-14-30(41)42)19-24-9-12-27(13-10-24)36-33(44)37-29-20-28(34(3,4)5)38-40(29)8/h9-10,12-13,17-18,20,25H,11,14-16,19,21H2,1-8H3,(H,35,43)(H2,36,37,44). The number of carbonyl (C=O) groups is 3. The first-order valence-corrected chi connectivity index (χ1v) is 15.3. The predicted octanol–water partition coefficient (Wildman–Crippen LogP) is 5.26. The number of aryl methyl sites for hydroxylation is 3. The van der Waals surface area contributed by atoms with Crippen molar-refractivity contribution in [3.05, 3.63) is 70.4 Å². The number of benzene rings is 2. The van der Waals surface area contributed by atoms with Crippen LogP contribution in [-0.4, -0.2) is 66.3 Å². The summed E-state index contributed by atoms with van der Waals surface area (Å²) in [6, 6.07) is 13.2. The van der Waals surface area contributed by atoms with E-state index in [0.717, 1.165) is 47.5 Å². The molecule has 4 amide bonds. The van der Waals surface area contributed by atoms with E-state index in [1.165, 1.54) is 0 Å². The van der Waals surface area contributed by atoms with Gasteiger partial charge in [0.1, 0.15) is 5.82 Å². The number of nitrogens with one attached hydrogen (secondary N) is 3. The van der Waals surface area contributed by atoms with E-state index < -0.39 is 0 Å². The maximum Gasteiger partial charge on any atom is 0.324 e. The fraction of sp³-hybridized carbons (Fsp3) is 0.471. The molecule has 1 aromatic heterocycles. The van der Waals surface area contributed by atoms with Crippen LogP contribution < -0.4 is 20.9 Å². The largest absolute Gasteiger partial charge is 0.351 e. The van der Waals surface area contributed by atoms with Gasteiger partial charge in [0.05, 0.1) is 5.69 Å². The Balaban J connectivity index is 1.36. The number of anilines is 3. The molecule has 10 nitrogen and oxygen atoms in total. The lowest BCUT2D eigenvalue weighted by atomic mass is 9.89. The zero-order valence-corrected chi connectivity index (χ0v) is 27.4. The zero-order chi connectivity index (χ0) is 32.2. The molecule has 44 heavy (non-hydrogen) atoms. The van der Waals surface area contributed by atoms with Crippen LogP contribution in [0.2, 0.25) is 0 Å². The van der Waals surface area contributed by atoms with Gasteiger partial charge in [-0.2, -0.15) is 5.10 Å². The maximum atomic E-state index is 13.1. The molecule has 1 fully saturated rings. The fourth-order valence-electron chi connectivity index (χ4n) is 5.59. The molecule has 2 aromatic carbocycles. The Morgan fingerprint density at radius 3 is 2.27 bits per heavy atom. The molecule has 1 unspecified atom stereocenters. The van der Waals surface area contributed by atoms with Crippen molar-refractivity contribution in [1.82, 2.24) is 20.0 Å². The Hall–Kier alpha value is -4.18. The molecule has 1 aliphatic rings. The number of piperidine rings is 1. The molecule has 3 N–H and O–H groups in total. The molecule has 0 bridgehead atoms. The lowest BCUT2D eigenvalue weighted by molar-refractivity contribution is -0.120. The van der Waals surface area contributed by atoms with Crippen LogP contribution in [0.15, 0.2) is 42.5 Å². The van der Waals surface area contributed by atoms with Crippen LogP contribution in [0.3, 0.4) is 0 Å². The summed E-state index contributed by atoms with van der Waals surface area (Å²) >= 11 is 0. The highest BCUT2D eigenvalue weighted by Gasteiger charge is 2.29. The first-order valence-electron chi connectivity index (χ1n) is 15.3. The van der Waals surface area contributed by atoms with E-state index in [2.05, 4.69) is 41.8 Å².